The number of amides is 1. The summed E-state index contributed by atoms with van der Waals surface area (Å²) in [6.07, 6.45) is 0. The molecule has 1 aromatic heterocycles. The second-order valence-corrected chi connectivity index (χ2v) is 8.49. The highest BCUT2D eigenvalue weighted by Crippen LogP contribution is 2.28. The van der Waals surface area contributed by atoms with E-state index in [4.69, 9.17) is 0 Å². The zero-order chi connectivity index (χ0) is 21.8. The van der Waals surface area contributed by atoms with Crippen molar-refractivity contribution >= 4 is 23.4 Å². The summed E-state index contributed by atoms with van der Waals surface area (Å²) in [7, 11) is 0. The number of rotatable bonds is 6. The first-order valence-electron chi connectivity index (χ1n) is 10.1. The van der Waals surface area contributed by atoms with E-state index in [-0.39, 0.29) is 11.7 Å². The van der Waals surface area contributed by atoms with Gasteiger partial charge in [0.15, 0.2) is 11.0 Å². The lowest BCUT2D eigenvalue weighted by atomic mass is 10.1. The molecular weight excluding hydrogens is 404 g/mol. The number of aryl methyl sites for hydroxylation is 3. The third-order valence-electron chi connectivity index (χ3n) is 4.90. The summed E-state index contributed by atoms with van der Waals surface area (Å²) in [4.78, 5) is 12.5. The summed E-state index contributed by atoms with van der Waals surface area (Å²) >= 11 is 1.37. The molecule has 0 spiro atoms. The summed E-state index contributed by atoms with van der Waals surface area (Å²) in [5.41, 5.74) is 6.26. The van der Waals surface area contributed by atoms with E-state index >= 15 is 0 Å². The van der Waals surface area contributed by atoms with Crippen molar-refractivity contribution in [1.29, 1.82) is 0 Å². The third-order valence-corrected chi connectivity index (χ3v) is 5.83. The van der Waals surface area contributed by atoms with Gasteiger partial charge in [0.1, 0.15) is 0 Å². The van der Waals surface area contributed by atoms with Gasteiger partial charge in [-0.2, -0.15) is 0 Å². The first-order valence-corrected chi connectivity index (χ1v) is 11.1. The summed E-state index contributed by atoms with van der Waals surface area (Å²) in [5, 5.41) is 12.5. The van der Waals surface area contributed by atoms with Crippen molar-refractivity contribution in [2.45, 2.75) is 25.9 Å². The highest BCUT2D eigenvalue weighted by molar-refractivity contribution is 7.99. The molecule has 4 rings (SSSR count). The molecule has 5 nitrogen and oxygen atoms in total. The fourth-order valence-electron chi connectivity index (χ4n) is 3.14. The van der Waals surface area contributed by atoms with Crippen LogP contribution in [0, 0.1) is 20.8 Å². The van der Waals surface area contributed by atoms with Crippen molar-refractivity contribution in [3.63, 3.8) is 0 Å². The molecule has 1 heterocycles. The second-order valence-electron chi connectivity index (χ2n) is 7.55. The second kappa shape index (κ2) is 9.18. The van der Waals surface area contributed by atoms with Gasteiger partial charge in [0, 0.05) is 16.9 Å². The molecule has 0 radical (unpaired) electrons. The van der Waals surface area contributed by atoms with E-state index in [1.54, 1.807) is 0 Å². The van der Waals surface area contributed by atoms with Gasteiger partial charge in [0.25, 0.3) is 0 Å². The quantitative estimate of drug-likeness (QED) is 0.407. The van der Waals surface area contributed by atoms with Gasteiger partial charge < -0.3 is 5.32 Å². The van der Waals surface area contributed by atoms with Gasteiger partial charge >= 0.3 is 0 Å². The van der Waals surface area contributed by atoms with E-state index in [1.165, 1.54) is 22.9 Å². The Balaban J connectivity index is 1.59. The van der Waals surface area contributed by atoms with Gasteiger partial charge in [-0.05, 0) is 45.0 Å². The summed E-state index contributed by atoms with van der Waals surface area (Å²) in [6.45, 7) is 6.13. The smallest absolute Gasteiger partial charge is 0.234 e. The Morgan fingerprint density at radius 2 is 1.35 bits per heavy atom. The number of benzene rings is 3. The Morgan fingerprint density at radius 3 is 1.97 bits per heavy atom. The van der Waals surface area contributed by atoms with E-state index in [0.717, 1.165) is 28.3 Å². The van der Waals surface area contributed by atoms with Gasteiger partial charge in [-0.15, -0.1) is 10.2 Å². The maximum Gasteiger partial charge on any atom is 0.234 e. The van der Waals surface area contributed by atoms with Crippen molar-refractivity contribution < 1.29 is 4.79 Å². The van der Waals surface area contributed by atoms with Crippen molar-refractivity contribution in [3.8, 4) is 17.1 Å². The molecule has 1 N–H and O–H groups in total. The molecule has 6 heteroatoms. The van der Waals surface area contributed by atoms with Gasteiger partial charge in [-0.1, -0.05) is 77.0 Å². The number of carbonyl (C=O) groups is 1. The molecule has 156 valence electrons. The van der Waals surface area contributed by atoms with E-state index in [9.17, 15) is 4.79 Å². The number of hydrogen-bond acceptors (Lipinski definition) is 4. The number of thioether (sulfide) groups is 1. The van der Waals surface area contributed by atoms with Crippen LogP contribution in [0.4, 0.5) is 5.69 Å². The fraction of sp³-hybridized carbons (Fsp3) is 0.160. The lowest BCUT2D eigenvalue weighted by molar-refractivity contribution is -0.113. The van der Waals surface area contributed by atoms with Crippen LogP contribution in [0.15, 0.2) is 78.0 Å². The molecule has 0 saturated carbocycles. The van der Waals surface area contributed by atoms with Crippen LogP contribution in [-0.4, -0.2) is 26.4 Å². The zero-order valence-electron chi connectivity index (χ0n) is 17.8. The lowest BCUT2D eigenvalue weighted by Gasteiger charge is -2.11. The van der Waals surface area contributed by atoms with Crippen LogP contribution in [0.1, 0.15) is 16.7 Å². The van der Waals surface area contributed by atoms with Crippen molar-refractivity contribution in [2.75, 3.05) is 11.1 Å². The lowest BCUT2D eigenvalue weighted by Crippen LogP contribution is -2.14. The van der Waals surface area contributed by atoms with Gasteiger partial charge in [-0.25, -0.2) is 0 Å². The Hall–Kier alpha value is -3.38. The maximum atomic E-state index is 12.5. The third kappa shape index (κ3) is 5.03. The summed E-state index contributed by atoms with van der Waals surface area (Å²) in [5.74, 6) is 0.917. The zero-order valence-corrected chi connectivity index (χ0v) is 18.6. The van der Waals surface area contributed by atoms with E-state index in [1.807, 2.05) is 60.0 Å². The number of hydrogen-bond donors (Lipinski definition) is 1. The normalized spacial score (nSPS) is 10.8. The molecule has 0 bridgehead atoms. The molecule has 3 aromatic carbocycles. The molecule has 0 aliphatic rings. The van der Waals surface area contributed by atoms with Crippen molar-refractivity contribution in [2.24, 2.45) is 0 Å². The van der Waals surface area contributed by atoms with E-state index in [2.05, 4.69) is 53.6 Å². The Morgan fingerprint density at radius 1 is 0.806 bits per heavy atom. The minimum absolute atomic E-state index is 0.0794. The number of aromatic nitrogens is 3. The van der Waals surface area contributed by atoms with Gasteiger partial charge in [-0.3, -0.25) is 9.36 Å². The minimum Gasteiger partial charge on any atom is -0.325 e. The predicted octanol–water partition coefficient (Wildman–Crippen LogP) is 5.59. The summed E-state index contributed by atoms with van der Waals surface area (Å²) in [6, 6.07) is 24.2. The maximum absolute atomic E-state index is 12.5. The first-order chi connectivity index (χ1) is 15.0. The van der Waals surface area contributed by atoms with Crippen molar-refractivity contribution in [1.82, 2.24) is 14.8 Å². The highest BCUT2D eigenvalue weighted by Gasteiger charge is 2.17. The standard InChI is InChI=1S/C25H24N4OS/c1-17-4-10-20(11-5-17)24-27-28-25(29(24)22-14-8-19(3)9-15-22)31-16-23(30)26-21-12-6-18(2)7-13-21/h4-15H,16H2,1-3H3,(H,26,30). The van der Waals surface area contributed by atoms with E-state index < -0.39 is 0 Å². The van der Waals surface area contributed by atoms with Crippen molar-refractivity contribution in [3.05, 3.63) is 89.5 Å². The average molecular weight is 429 g/mol. The predicted molar refractivity (Wildman–Crippen MR) is 127 cm³/mol. The molecule has 0 aliphatic carbocycles. The molecule has 0 fully saturated rings. The van der Waals surface area contributed by atoms with Crippen LogP contribution in [-0.2, 0) is 4.79 Å². The largest absolute Gasteiger partial charge is 0.325 e. The average Bonchev–Trinajstić information content (AvgIpc) is 3.19. The molecule has 4 aromatic rings. The topological polar surface area (TPSA) is 59.8 Å². The molecule has 0 atom stereocenters. The minimum atomic E-state index is -0.0794. The fourth-order valence-corrected chi connectivity index (χ4v) is 3.90. The number of nitrogens with one attached hydrogen (secondary N) is 1. The van der Waals surface area contributed by atoms with Crippen LogP contribution in [0.25, 0.3) is 17.1 Å². The monoisotopic (exact) mass is 428 g/mol. The van der Waals surface area contributed by atoms with Crippen LogP contribution in [0.3, 0.4) is 0 Å². The van der Waals surface area contributed by atoms with Crippen LogP contribution < -0.4 is 5.32 Å². The van der Waals surface area contributed by atoms with Gasteiger partial charge in [0.05, 0.1) is 5.75 Å². The molecule has 31 heavy (non-hydrogen) atoms. The van der Waals surface area contributed by atoms with E-state index in [0.29, 0.717) is 5.16 Å². The Kier molecular flexibility index (Phi) is 6.18. The molecule has 0 saturated heterocycles. The molecular formula is C25H24N4OS. The highest BCUT2D eigenvalue weighted by atomic mass is 32.2. The van der Waals surface area contributed by atoms with Crippen LogP contribution in [0.2, 0.25) is 0 Å². The Bertz CT molecular complexity index is 1180. The first kappa shape index (κ1) is 20.9. The SMILES string of the molecule is Cc1ccc(NC(=O)CSc2nnc(-c3ccc(C)cc3)n2-c2ccc(C)cc2)cc1. The number of carbonyl (C=O) groups excluding carboxylic acids is 1. The number of nitrogens with zero attached hydrogens (tertiary/aromatic N) is 3. The molecule has 0 aliphatic heterocycles. The van der Waals surface area contributed by atoms with Crippen LogP contribution >= 0.6 is 11.8 Å². The van der Waals surface area contributed by atoms with Crippen LogP contribution in [0.5, 0.6) is 0 Å². The molecule has 1 amide bonds. The van der Waals surface area contributed by atoms with Gasteiger partial charge in [0.2, 0.25) is 5.91 Å². The number of anilines is 1. The Labute approximate surface area is 186 Å². The summed E-state index contributed by atoms with van der Waals surface area (Å²) < 4.78 is 2.01. The molecule has 0 unspecified atom stereocenters.